The predicted octanol–water partition coefficient (Wildman–Crippen LogP) is 3.20. The van der Waals surface area contributed by atoms with Crippen LogP contribution in [0.5, 0.6) is 0 Å². The van der Waals surface area contributed by atoms with Crippen LogP contribution >= 0.6 is 24.0 Å². The van der Waals surface area contributed by atoms with Crippen LogP contribution in [0.25, 0.3) is 0 Å². The largest absolute Gasteiger partial charge is 0.377 e. The number of aryl methyl sites for hydroxylation is 2. The summed E-state index contributed by atoms with van der Waals surface area (Å²) in [5.41, 5.74) is 2.62. The first-order valence-electron chi connectivity index (χ1n) is 10.5. The molecule has 30 heavy (non-hydrogen) atoms. The average molecular weight is 526 g/mol. The molecular formula is C22H35IN6O. The molecule has 1 atom stereocenters. The minimum absolute atomic E-state index is 0. The summed E-state index contributed by atoms with van der Waals surface area (Å²) in [6, 6.07) is 8.84. The van der Waals surface area contributed by atoms with Crippen molar-refractivity contribution in [2.75, 3.05) is 20.2 Å². The van der Waals surface area contributed by atoms with Crippen molar-refractivity contribution in [3.63, 3.8) is 0 Å². The van der Waals surface area contributed by atoms with Gasteiger partial charge in [0.15, 0.2) is 11.8 Å². The highest BCUT2D eigenvalue weighted by Gasteiger charge is 2.24. The second kappa shape index (κ2) is 11.1. The highest BCUT2D eigenvalue weighted by Crippen LogP contribution is 2.26. The Kier molecular flexibility index (Phi) is 9.09. The van der Waals surface area contributed by atoms with Gasteiger partial charge in [0.1, 0.15) is 12.4 Å². The molecule has 1 aliphatic heterocycles. The second-order valence-corrected chi connectivity index (χ2v) is 8.33. The van der Waals surface area contributed by atoms with E-state index in [1.807, 2.05) is 4.68 Å². The molecule has 1 aliphatic rings. The van der Waals surface area contributed by atoms with Crippen LogP contribution in [0.15, 0.2) is 29.3 Å². The Morgan fingerprint density at radius 1 is 1.33 bits per heavy atom. The van der Waals surface area contributed by atoms with E-state index in [1.54, 1.807) is 7.11 Å². The fourth-order valence-electron chi connectivity index (χ4n) is 3.88. The Labute approximate surface area is 197 Å². The van der Waals surface area contributed by atoms with E-state index in [9.17, 15) is 0 Å². The molecule has 0 radical (unpaired) electrons. The molecule has 2 N–H and O–H groups in total. The van der Waals surface area contributed by atoms with Gasteiger partial charge in [-0.25, -0.2) is 9.67 Å². The Hall–Kier alpha value is -1.68. The summed E-state index contributed by atoms with van der Waals surface area (Å²) in [5.74, 6) is 2.65. The molecule has 8 heteroatoms. The van der Waals surface area contributed by atoms with Gasteiger partial charge >= 0.3 is 0 Å². The summed E-state index contributed by atoms with van der Waals surface area (Å²) >= 11 is 0. The van der Waals surface area contributed by atoms with Crippen LogP contribution in [0.4, 0.5) is 0 Å². The first kappa shape index (κ1) is 24.6. The van der Waals surface area contributed by atoms with Crippen molar-refractivity contribution in [3.8, 4) is 0 Å². The third-order valence-corrected chi connectivity index (χ3v) is 5.37. The molecule has 7 nitrogen and oxygen atoms in total. The standard InChI is InChI=1S/C22H34N6O.HI/c1-6-23-21(24-15-22(3,4)18-10-8-7-9-16(18)2)25-17-11-12-20-26-19(14-29-5)27-28(20)13-17;/h7-10,17H,6,11-15H2,1-5H3,(H2,23,24,25);1H. The zero-order valence-corrected chi connectivity index (χ0v) is 21.1. The van der Waals surface area contributed by atoms with Crippen molar-refractivity contribution >= 4 is 29.9 Å². The SMILES string of the molecule is CCNC(=NCC(C)(C)c1ccccc1C)NC1CCc2nc(COC)nn2C1.I. The van der Waals surface area contributed by atoms with Crippen molar-refractivity contribution in [1.29, 1.82) is 0 Å². The molecular weight excluding hydrogens is 491 g/mol. The van der Waals surface area contributed by atoms with E-state index in [2.05, 4.69) is 72.7 Å². The van der Waals surface area contributed by atoms with E-state index < -0.39 is 0 Å². The fraction of sp³-hybridized carbons (Fsp3) is 0.591. The number of guanidine groups is 1. The summed E-state index contributed by atoms with van der Waals surface area (Å²) in [7, 11) is 1.67. The molecule has 2 heterocycles. The van der Waals surface area contributed by atoms with Gasteiger partial charge < -0.3 is 15.4 Å². The number of rotatable bonds is 7. The van der Waals surface area contributed by atoms with E-state index in [1.165, 1.54) is 11.1 Å². The molecule has 1 aromatic carbocycles. The van der Waals surface area contributed by atoms with Gasteiger partial charge in [-0.2, -0.15) is 5.10 Å². The molecule has 166 valence electrons. The van der Waals surface area contributed by atoms with E-state index in [4.69, 9.17) is 9.73 Å². The average Bonchev–Trinajstić information content (AvgIpc) is 3.08. The van der Waals surface area contributed by atoms with Crippen LogP contribution in [0.2, 0.25) is 0 Å². The van der Waals surface area contributed by atoms with Crippen molar-refractivity contribution in [2.24, 2.45) is 4.99 Å². The van der Waals surface area contributed by atoms with Gasteiger partial charge in [0.05, 0.1) is 13.1 Å². The van der Waals surface area contributed by atoms with E-state index in [-0.39, 0.29) is 35.4 Å². The van der Waals surface area contributed by atoms with E-state index in [0.29, 0.717) is 13.2 Å². The Balaban J connectivity index is 0.00000320. The van der Waals surface area contributed by atoms with Gasteiger partial charge in [0, 0.05) is 31.5 Å². The number of methoxy groups -OCH3 is 1. The molecule has 0 amide bonds. The van der Waals surface area contributed by atoms with Crippen molar-refractivity contribution in [2.45, 2.75) is 65.1 Å². The lowest BCUT2D eigenvalue weighted by molar-refractivity contribution is 0.177. The lowest BCUT2D eigenvalue weighted by atomic mass is 9.82. The van der Waals surface area contributed by atoms with Crippen LogP contribution in [0.1, 0.15) is 50.0 Å². The molecule has 3 rings (SSSR count). The van der Waals surface area contributed by atoms with Crippen LogP contribution in [0.3, 0.4) is 0 Å². The Morgan fingerprint density at radius 3 is 2.80 bits per heavy atom. The lowest BCUT2D eigenvalue weighted by Crippen LogP contribution is -2.47. The Morgan fingerprint density at radius 2 is 2.10 bits per heavy atom. The summed E-state index contributed by atoms with van der Waals surface area (Å²) < 4.78 is 7.15. The van der Waals surface area contributed by atoms with Gasteiger partial charge in [0.25, 0.3) is 0 Å². The zero-order valence-electron chi connectivity index (χ0n) is 18.7. The Bertz CT molecular complexity index is 848. The van der Waals surface area contributed by atoms with Gasteiger partial charge in [-0.1, -0.05) is 38.1 Å². The predicted molar refractivity (Wildman–Crippen MR) is 132 cm³/mol. The van der Waals surface area contributed by atoms with E-state index in [0.717, 1.165) is 43.5 Å². The monoisotopic (exact) mass is 526 g/mol. The number of nitrogens with one attached hydrogen (secondary N) is 2. The van der Waals surface area contributed by atoms with Crippen molar-refractivity contribution < 1.29 is 4.74 Å². The van der Waals surface area contributed by atoms with Gasteiger partial charge in [-0.3, -0.25) is 4.99 Å². The van der Waals surface area contributed by atoms with Gasteiger partial charge in [-0.05, 0) is 31.4 Å². The van der Waals surface area contributed by atoms with Crippen LogP contribution in [-0.2, 0) is 29.7 Å². The third-order valence-electron chi connectivity index (χ3n) is 5.37. The third kappa shape index (κ3) is 6.16. The van der Waals surface area contributed by atoms with Gasteiger partial charge in [-0.15, -0.1) is 24.0 Å². The maximum atomic E-state index is 5.15. The fourth-order valence-corrected chi connectivity index (χ4v) is 3.88. The molecule has 0 spiro atoms. The number of halogens is 1. The molecule has 1 unspecified atom stereocenters. The highest BCUT2D eigenvalue weighted by atomic mass is 127. The quantitative estimate of drug-likeness (QED) is 0.329. The number of aromatic nitrogens is 3. The van der Waals surface area contributed by atoms with Crippen LogP contribution in [0, 0.1) is 6.92 Å². The van der Waals surface area contributed by atoms with Crippen LogP contribution in [-0.4, -0.2) is 47.0 Å². The maximum absolute atomic E-state index is 5.15. The first-order chi connectivity index (χ1) is 13.9. The number of hydrogen-bond donors (Lipinski definition) is 2. The molecule has 1 aromatic heterocycles. The van der Waals surface area contributed by atoms with Crippen molar-refractivity contribution in [1.82, 2.24) is 25.4 Å². The summed E-state index contributed by atoms with van der Waals surface area (Å²) in [6.45, 7) is 11.6. The number of hydrogen-bond acceptors (Lipinski definition) is 4. The van der Waals surface area contributed by atoms with Gasteiger partial charge in [0.2, 0.25) is 0 Å². The van der Waals surface area contributed by atoms with Crippen LogP contribution < -0.4 is 10.6 Å². The summed E-state index contributed by atoms with van der Waals surface area (Å²) in [6.07, 6.45) is 1.92. The molecule has 0 bridgehead atoms. The normalized spacial score (nSPS) is 16.6. The maximum Gasteiger partial charge on any atom is 0.191 e. The second-order valence-electron chi connectivity index (χ2n) is 8.33. The molecule has 2 aromatic rings. The zero-order chi connectivity index (χ0) is 20.9. The van der Waals surface area contributed by atoms with E-state index >= 15 is 0 Å². The van der Waals surface area contributed by atoms with Crippen molar-refractivity contribution in [3.05, 3.63) is 47.0 Å². The molecule has 0 aliphatic carbocycles. The number of nitrogens with zero attached hydrogens (tertiary/aromatic N) is 4. The molecule has 0 fully saturated rings. The number of aliphatic imine (C=N–C) groups is 1. The smallest absolute Gasteiger partial charge is 0.191 e. The molecule has 0 saturated heterocycles. The number of fused-ring (bicyclic) bond motifs is 1. The summed E-state index contributed by atoms with van der Waals surface area (Å²) in [5, 5.41) is 11.5. The molecule has 0 saturated carbocycles. The topological polar surface area (TPSA) is 76.4 Å². The first-order valence-corrected chi connectivity index (χ1v) is 10.5. The highest BCUT2D eigenvalue weighted by molar-refractivity contribution is 14.0. The number of ether oxygens (including phenoxy) is 1. The minimum Gasteiger partial charge on any atom is -0.377 e. The minimum atomic E-state index is -0.0333. The summed E-state index contributed by atoms with van der Waals surface area (Å²) in [4.78, 5) is 9.47. The number of benzene rings is 1. The lowest BCUT2D eigenvalue weighted by Gasteiger charge is -2.28.